The van der Waals surface area contributed by atoms with Crippen molar-refractivity contribution in [3.63, 3.8) is 0 Å². The minimum atomic E-state index is -1.18. The molecule has 1 aliphatic heterocycles. The molecule has 2 aliphatic carbocycles. The lowest BCUT2D eigenvalue weighted by Gasteiger charge is -2.28. The first-order chi connectivity index (χ1) is 18.4. The molecule has 1 heterocycles. The fourth-order valence-corrected chi connectivity index (χ4v) is 6.20. The van der Waals surface area contributed by atoms with Gasteiger partial charge in [-0.2, -0.15) is 4.39 Å². The molecule has 1 unspecified atom stereocenters. The van der Waals surface area contributed by atoms with E-state index in [0.29, 0.717) is 34.9 Å². The van der Waals surface area contributed by atoms with Crippen molar-refractivity contribution in [3.8, 4) is 16.9 Å². The smallest absolute Gasteiger partial charge is 0.201 e. The minimum Gasteiger partial charge on any atom is -0.494 e. The van der Waals surface area contributed by atoms with Gasteiger partial charge >= 0.3 is 0 Å². The van der Waals surface area contributed by atoms with E-state index in [1.54, 1.807) is 6.07 Å². The highest BCUT2D eigenvalue weighted by molar-refractivity contribution is 5.79. The van der Waals surface area contributed by atoms with E-state index in [0.717, 1.165) is 44.5 Å². The predicted octanol–water partition coefficient (Wildman–Crippen LogP) is 9.15. The minimum absolute atomic E-state index is 0.104. The Labute approximate surface area is 222 Å². The Hall–Kier alpha value is -2.76. The second-order valence-electron chi connectivity index (χ2n) is 11.0. The Morgan fingerprint density at radius 2 is 1.61 bits per heavy atom. The number of allylic oxidation sites excluding steroid dienone is 3. The van der Waals surface area contributed by atoms with Crippen LogP contribution in [0.25, 0.3) is 11.1 Å². The maximum Gasteiger partial charge on any atom is 0.201 e. The molecular formula is C32H36F4O2. The fourth-order valence-electron chi connectivity index (χ4n) is 6.20. The third-order valence-electron chi connectivity index (χ3n) is 8.24. The Balaban J connectivity index is 1.29. The molecule has 0 N–H and O–H groups in total. The van der Waals surface area contributed by atoms with E-state index in [-0.39, 0.29) is 35.8 Å². The lowest BCUT2D eigenvalue weighted by atomic mass is 9.77. The summed E-state index contributed by atoms with van der Waals surface area (Å²) < 4.78 is 71.5. The first kappa shape index (κ1) is 26.8. The molecule has 2 aromatic carbocycles. The molecule has 204 valence electrons. The lowest BCUT2D eigenvalue weighted by Crippen LogP contribution is -2.15. The van der Waals surface area contributed by atoms with Gasteiger partial charge in [-0.3, -0.25) is 0 Å². The first-order valence-corrected chi connectivity index (χ1v) is 14.1. The van der Waals surface area contributed by atoms with Crippen LogP contribution in [0.15, 0.2) is 36.1 Å². The van der Waals surface area contributed by atoms with Crippen molar-refractivity contribution >= 4 is 0 Å². The number of ether oxygens (including phenoxy) is 2. The van der Waals surface area contributed by atoms with Crippen LogP contribution in [0.4, 0.5) is 17.6 Å². The van der Waals surface area contributed by atoms with Gasteiger partial charge in [-0.25, -0.2) is 13.2 Å². The Morgan fingerprint density at radius 3 is 2.26 bits per heavy atom. The molecule has 2 aromatic rings. The van der Waals surface area contributed by atoms with E-state index in [1.165, 1.54) is 18.9 Å². The summed E-state index contributed by atoms with van der Waals surface area (Å²) in [6.45, 7) is 5.08. The molecule has 1 saturated carbocycles. The summed E-state index contributed by atoms with van der Waals surface area (Å²) in [5.41, 5.74) is 0.941. The molecule has 6 heteroatoms. The molecule has 0 saturated heterocycles. The molecule has 2 nitrogen and oxygen atoms in total. The highest BCUT2D eigenvalue weighted by atomic mass is 19.2. The molecule has 38 heavy (non-hydrogen) atoms. The van der Waals surface area contributed by atoms with Crippen LogP contribution in [0, 0.1) is 35.1 Å². The molecular weight excluding hydrogens is 492 g/mol. The largest absolute Gasteiger partial charge is 0.494 e. The maximum absolute atomic E-state index is 15.4. The van der Waals surface area contributed by atoms with E-state index in [4.69, 9.17) is 9.47 Å². The van der Waals surface area contributed by atoms with Gasteiger partial charge in [0, 0.05) is 11.1 Å². The van der Waals surface area contributed by atoms with Crippen LogP contribution in [-0.4, -0.2) is 13.2 Å². The second-order valence-corrected chi connectivity index (χ2v) is 11.0. The number of halogens is 4. The van der Waals surface area contributed by atoms with Crippen LogP contribution in [0.2, 0.25) is 0 Å². The number of benzene rings is 2. The number of hydrogen-bond donors (Lipinski definition) is 0. The summed E-state index contributed by atoms with van der Waals surface area (Å²) in [5.74, 6) is -2.74. The molecule has 0 amide bonds. The van der Waals surface area contributed by atoms with Gasteiger partial charge in [0.25, 0.3) is 0 Å². The number of fused-ring (bicyclic) bond motifs is 3. The van der Waals surface area contributed by atoms with Crippen LogP contribution in [0.5, 0.6) is 5.75 Å². The first-order valence-electron chi connectivity index (χ1n) is 14.1. The summed E-state index contributed by atoms with van der Waals surface area (Å²) in [4.78, 5) is 0. The van der Waals surface area contributed by atoms with Crippen molar-refractivity contribution in [2.75, 3.05) is 13.2 Å². The van der Waals surface area contributed by atoms with E-state index in [2.05, 4.69) is 25.2 Å². The predicted molar refractivity (Wildman–Crippen MR) is 141 cm³/mol. The normalized spacial score (nSPS) is 22.7. The zero-order chi connectivity index (χ0) is 26.8. The van der Waals surface area contributed by atoms with Gasteiger partial charge in [-0.15, -0.1) is 0 Å². The van der Waals surface area contributed by atoms with Crippen molar-refractivity contribution in [2.45, 2.75) is 77.6 Å². The monoisotopic (exact) mass is 528 g/mol. The average Bonchev–Trinajstić information content (AvgIpc) is 3.30. The van der Waals surface area contributed by atoms with Gasteiger partial charge in [-0.05, 0) is 104 Å². The molecule has 5 rings (SSSR count). The molecule has 1 atom stereocenters. The Kier molecular flexibility index (Phi) is 8.15. The standard InChI is InChI=1S/C32H36F4O2/c1-3-5-20-9-13-24(38-18-20)12-8-19-6-10-21(11-7-19)25-16-22-15-23-17-26(37-14-4-2)30(34)32(36)28(23)27(22)31(35)29(25)33/h8,12-13,16-17,19-21H,3-7,9-11,14-15,18H2,1-2H3/b12-8+. The molecule has 3 aliphatic rings. The summed E-state index contributed by atoms with van der Waals surface area (Å²) in [6.07, 6.45) is 13.9. The summed E-state index contributed by atoms with van der Waals surface area (Å²) in [7, 11) is 0. The molecule has 0 spiro atoms. The van der Waals surface area contributed by atoms with Gasteiger partial charge in [0.1, 0.15) is 5.76 Å². The van der Waals surface area contributed by atoms with Crippen molar-refractivity contribution in [2.24, 2.45) is 11.8 Å². The fraction of sp³-hybridized carbons (Fsp3) is 0.500. The van der Waals surface area contributed by atoms with Crippen molar-refractivity contribution in [1.82, 2.24) is 0 Å². The number of rotatable bonds is 8. The van der Waals surface area contributed by atoms with Gasteiger partial charge in [0.15, 0.2) is 23.2 Å². The Morgan fingerprint density at radius 1 is 0.895 bits per heavy atom. The molecule has 0 bridgehead atoms. The lowest BCUT2D eigenvalue weighted by molar-refractivity contribution is 0.150. The molecule has 1 fully saturated rings. The molecule has 0 radical (unpaired) electrons. The van der Waals surface area contributed by atoms with Crippen LogP contribution in [0.3, 0.4) is 0 Å². The van der Waals surface area contributed by atoms with Gasteiger partial charge < -0.3 is 9.47 Å². The highest BCUT2D eigenvalue weighted by Crippen LogP contribution is 2.47. The average molecular weight is 529 g/mol. The van der Waals surface area contributed by atoms with Gasteiger partial charge in [-0.1, -0.05) is 32.4 Å². The Bertz CT molecular complexity index is 1240. The van der Waals surface area contributed by atoms with Crippen LogP contribution < -0.4 is 4.74 Å². The van der Waals surface area contributed by atoms with E-state index < -0.39 is 23.3 Å². The SMILES string of the molecule is CCCOc1cc2c(c(F)c1F)-c1c(cc(C3CCC(/C=C/C4=CCC(CCC)CO4)CC3)c(F)c1F)C2. The zero-order valence-electron chi connectivity index (χ0n) is 22.2. The van der Waals surface area contributed by atoms with Crippen molar-refractivity contribution in [3.05, 3.63) is 76.1 Å². The third-order valence-corrected chi connectivity index (χ3v) is 8.24. The zero-order valence-corrected chi connectivity index (χ0v) is 22.2. The van der Waals surface area contributed by atoms with Gasteiger partial charge in [0.2, 0.25) is 5.82 Å². The van der Waals surface area contributed by atoms with E-state index >= 15 is 8.78 Å². The van der Waals surface area contributed by atoms with Crippen LogP contribution in [0.1, 0.15) is 87.8 Å². The number of hydrogen-bond acceptors (Lipinski definition) is 2. The van der Waals surface area contributed by atoms with Crippen LogP contribution >= 0.6 is 0 Å². The quantitative estimate of drug-likeness (QED) is 0.271. The summed E-state index contributed by atoms with van der Waals surface area (Å²) in [5, 5.41) is 0. The second kappa shape index (κ2) is 11.5. The molecule has 0 aromatic heterocycles. The maximum atomic E-state index is 15.4. The van der Waals surface area contributed by atoms with E-state index in [9.17, 15) is 8.78 Å². The topological polar surface area (TPSA) is 18.5 Å². The summed E-state index contributed by atoms with van der Waals surface area (Å²) >= 11 is 0. The van der Waals surface area contributed by atoms with E-state index in [1.807, 2.05) is 6.92 Å². The van der Waals surface area contributed by atoms with Crippen molar-refractivity contribution < 1.29 is 27.0 Å². The summed E-state index contributed by atoms with van der Waals surface area (Å²) in [6, 6.07) is 3.10. The van der Waals surface area contributed by atoms with Gasteiger partial charge in [0.05, 0.1) is 13.2 Å². The van der Waals surface area contributed by atoms with Crippen LogP contribution in [-0.2, 0) is 11.2 Å². The highest BCUT2D eigenvalue weighted by Gasteiger charge is 2.34. The third kappa shape index (κ3) is 5.23. The van der Waals surface area contributed by atoms with Crippen molar-refractivity contribution in [1.29, 1.82) is 0 Å².